The molecule has 0 aromatic heterocycles. The second-order valence-electron chi connectivity index (χ2n) is 2.75. The quantitative estimate of drug-likeness (QED) is 0.598. The van der Waals surface area contributed by atoms with Crippen LogP contribution in [-0.4, -0.2) is 5.78 Å². The maximum absolute atomic E-state index is 13.2. The van der Waals surface area contributed by atoms with Crippen molar-refractivity contribution in [2.45, 2.75) is 12.8 Å². The van der Waals surface area contributed by atoms with E-state index in [1.54, 1.807) is 6.07 Å². The van der Waals surface area contributed by atoms with Crippen LogP contribution in [0.3, 0.4) is 0 Å². The number of Topliss-reactive ketones (excluding diaryl/α,β-unsaturated/α-hetero) is 1. The summed E-state index contributed by atoms with van der Waals surface area (Å²) < 4.78 is 13.8. The number of terminal acetylenes is 1. The molecule has 14 heavy (non-hydrogen) atoms. The average molecular weight is 255 g/mol. The molecule has 0 atom stereocenters. The minimum Gasteiger partial charge on any atom is -0.294 e. The van der Waals surface area contributed by atoms with Crippen molar-refractivity contribution in [2.75, 3.05) is 0 Å². The highest BCUT2D eigenvalue weighted by Crippen LogP contribution is 2.16. The smallest absolute Gasteiger partial charge is 0.166 e. The first-order valence-electron chi connectivity index (χ1n) is 4.07. The second-order valence-corrected chi connectivity index (χ2v) is 3.67. The molecule has 0 unspecified atom stereocenters. The summed E-state index contributed by atoms with van der Waals surface area (Å²) >= 11 is 3.11. The fourth-order valence-electron chi connectivity index (χ4n) is 1.04. The SMILES string of the molecule is C#CCCC(=O)c1ccc(Br)cc1F. The van der Waals surface area contributed by atoms with Crippen LogP contribution in [0.5, 0.6) is 0 Å². The largest absolute Gasteiger partial charge is 0.294 e. The molecular formula is C11H8BrFO. The molecule has 0 amide bonds. The summed E-state index contributed by atoms with van der Waals surface area (Å²) in [6, 6.07) is 4.35. The van der Waals surface area contributed by atoms with E-state index in [9.17, 15) is 9.18 Å². The van der Waals surface area contributed by atoms with E-state index in [4.69, 9.17) is 6.42 Å². The molecule has 1 aromatic carbocycles. The Morgan fingerprint density at radius 1 is 1.57 bits per heavy atom. The number of halogens is 2. The van der Waals surface area contributed by atoms with Crippen molar-refractivity contribution in [2.24, 2.45) is 0 Å². The van der Waals surface area contributed by atoms with Gasteiger partial charge in [-0.05, 0) is 18.2 Å². The van der Waals surface area contributed by atoms with E-state index in [0.717, 1.165) is 0 Å². The molecule has 0 heterocycles. The maximum Gasteiger partial charge on any atom is 0.166 e. The third-order valence-corrected chi connectivity index (χ3v) is 2.22. The molecule has 3 heteroatoms. The average Bonchev–Trinajstić information content (AvgIpc) is 2.14. The zero-order chi connectivity index (χ0) is 10.6. The maximum atomic E-state index is 13.2. The number of hydrogen-bond donors (Lipinski definition) is 0. The molecule has 0 aliphatic heterocycles. The highest BCUT2D eigenvalue weighted by molar-refractivity contribution is 9.10. The molecule has 0 saturated carbocycles. The summed E-state index contributed by atoms with van der Waals surface area (Å²) in [5.41, 5.74) is 0.100. The van der Waals surface area contributed by atoms with E-state index in [1.165, 1.54) is 12.1 Å². The zero-order valence-corrected chi connectivity index (χ0v) is 8.97. The Labute approximate surface area is 90.4 Å². The molecule has 1 aromatic rings. The number of carbonyl (C=O) groups is 1. The minimum absolute atomic E-state index is 0.100. The van der Waals surface area contributed by atoms with E-state index in [-0.39, 0.29) is 17.8 Å². The van der Waals surface area contributed by atoms with Crippen molar-refractivity contribution in [1.29, 1.82) is 0 Å². The van der Waals surface area contributed by atoms with Crippen molar-refractivity contribution >= 4 is 21.7 Å². The first-order chi connectivity index (χ1) is 6.65. The van der Waals surface area contributed by atoms with Gasteiger partial charge in [0.15, 0.2) is 5.78 Å². The van der Waals surface area contributed by atoms with Crippen molar-refractivity contribution in [3.63, 3.8) is 0 Å². The third-order valence-electron chi connectivity index (χ3n) is 1.73. The molecule has 72 valence electrons. The van der Waals surface area contributed by atoms with E-state index in [0.29, 0.717) is 10.9 Å². The Morgan fingerprint density at radius 2 is 2.29 bits per heavy atom. The lowest BCUT2D eigenvalue weighted by molar-refractivity contribution is 0.0980. The van der Waals surface area contributed by atoms with Gasteiger partial charge < -0.3 is 0 Å². The van der Waals surface area contributed by atoms with Crippen molar-refractivity contribution in [1.82, 2.24) is 0 Å². The lowest BCUT2D eigenvalue weighted by atomic mass is 10.1. The van der Waals surface area contributed by atoms with Gasteiger partial charge in [0.2, 0.25) is 0 Å². The first kappa shape index (κ1) is 10.9. The topological polar surface area (TPSA) is 17.1 Å². The van der Waals surface area contributed by atoms with Gasteiger partial charge in [0, 0.05) is 17.3 Å². The lowest BCUT2D eigenvalue weighted by Crippen LogP contribution is -2.01. The normalized spacial score (nSPS) is 9.50. The number of carbonyl (C=O) groups excluding carboxylic acids is 1. The van der Waals surface area contributed by atoms with Gasteiger partial charge in [-0.15, -0.1) is 12.3 Å². The van der Waals surface area contributed by atoms with Gasteiger partial charge in [0.05, 0.1) is 5.56 Å². The summed E-state index contributed by atoms with van der Waals surface area (Å²) in [4.78, 5) is 11.4. The van der Waals surface area contributed by atoms with Gasteiger partial charge in [-0.2, -0.15) is 0 Å². The van der Waals surface area contributed by atoms with Crippen molar-refractivity contribution in [3.8, 4) is 12.3 Å². The lowest BCUT2D eigenvalue weighted by Gasteiger charge is -2.00. The molecule has 0 bridgehead atoms. The van der Waals surface area contributed by atoms with Crippen LogP contribution in [-0.2, 0) is 0 Å². The fourth-order valence-corrected chi connectivity index (χ4v) is 1.37. The van der Waals surface area contributed by atoms with E-state index in [2.05, 4.69) is 21.9 Å². The van der Waals surface area contributed by atoms with Gasteiger partial charge in [0.25, 0.3) is 0 Å². The third kappa shape index (κ3) is 2.68. The van der Waals surface area contributed by atoms with E-state index >= 15 is 0 Å². The predicted octanol–water partition coefficient (Wildman–Crippen LogP) is 3.18. The Hall–Kier alpha value is -1.14. The van der Waals surface area contributed by atoms with Gasteiger partial charge >= 0.3 is 0 Å². The fraction of sp³-hybridized carbons (Fsp3) is 0.182. The van der Waals surface area contributed by atoms with Gasteiger partial charge in [-0.1, -0.05) is 15.9 Å². The van der Waals surface area contributed by atoms with Gasteiger partial charge in [-0.3, -0.25) is 4.79 Å². The van der Waals surface area contributed by atoms with Crippen molar-refractivity contribution < 1.29 is 9.18 Å². The van der Waals surface area contributed by atoms with Crippen LogP contribution in [0, 0.1) is 18.2 Å². The molecule has 0 spiro atoms. The van der Waals surface area contributed by atoms with E-state index in [1.807, 2.05) is 0 Å². The Kier molecular flexibility index (Phi) is 3.84. The monoisotopic (exact) mass is 254 g/mol. The standard InChI is InChI=1S/C11H8BrFO/c1-2-3-4-11(14)9-6-5-8(12)7-10(9)13/h1,5-7H,3-4H2. The van der Waals surface area contributed by atoms with Crippen molar-refractivity contribution in [3.05, 3.63) is 34.1 Å². The minimum atomic E-state index is -0.513. The van der Waals surface area contributed by atoms with Crippen LogP contribution in [0.4, 0.5) is 4.39 Å². The van der Waals surface area contributed by atoms with Crippen LogP contribution < -0.4 is 0 Å². The van der Waals surface area contributed by atoms with Crippen LogP contribution >= 0.6 is 15.9 Å². The molecule has 1 nitrogen and oxygen atoms in total. The summed E-state index contributed by atoms with van der Waals surface area (Å²) in [6.45, 7) is 0. The molecule has 0 radical (unpaired) electrons. The molecule has 0 fully saturated rings. The number of rotatable bonds is 3. The van der Waals surface area contributed by atoms with Gasteiger partial charge in [-0.25, -0.2) is 4.39 Å². The molecule has 0 aliphatic carbocycles. The van der Waals surface area contributed by atoms with Gasteiger partial charge in [0.1, 0.15) is 5.82 Å². The number of ketones is 1. The molecule has 0 saturated heterocycles. The first-order valence-corrected chi connectivity index (χ1v) is 4.86. The highest BCUT2D eigenvalue weighted by Gasteiger charge is 2.10. The molecule has 1 rings (SSSR count). The van der Waals surface area contributed by atoms with E-state index < -0.39 is 5.82 Å². The summed E-state index contributed by atoms with van der Waals surface area (Å²) in [6.07, 6.45) is 5.54. The Balaban J connectivity index is 2.86. The van der Waals surface area contributed by atoms with Crippen LogP contribution in [0.15, 0.2) is 22.7 Å². The number of hydrogen-bond acceptors (Lipinski definition) is 1. The Morgan fingerprint density at radius 3 is 2.86 bits per heavy atom. The van der Waals surface area contributed by atoms with Crippen LogP contribution in [0.25, 0.3) is 0 Å². The molecule has 0 N–H and O–H groups in total. The predicted molar refractivity (Wildman–Crippen MR) is 56.5 cm³/mol. The summed E-state index contributed by atoms with van der Waals surface area (Å²) in [5, 5.41) is 0. The number of benzene rings is 1. The zero-order valence-electron chi connectivity index (χ0n) is 7.39. The van der Waals surface area contributed by atoms with Crippen LogP contribution in [0.2, 0.25) is 0 Å². The molecule has 0 aliphatic rings. The molecular weight excluding hydrogens is 247 g/mol. The summed E-state index contributed by atoms with van der Waals surface area (Å²) in [5.74, 6) is 1.58. The Bertz CT molecular complexity index is 393. The van der Waals surface area contributed by atoms with Crippen LogP contribution in [0.1, 0.15) is 23.2 Å². The summed E-state index contributed by atoms with van der Waals surface area (Å²) in [7, 11) is 0. The highest BCUT2D eigenvalue weighted by atomic mass is 79.9. The second kappa shape index (κ2) is 4.92.